The van der Waals surface area contributed by atoms with Crippen LogP contribution in [0.5, 0.6) is 0 Å². The largest absolute Gasteiger partial charge is 0.390 e. The van der Waals surface area contributed by atoms with Crippen molar-refractivity contribution in [2.24, 2.45) is 46.8 Å². The number of aromatic nitrogens is 1. The molecule has 4 saturated carbocycles. The summed E-state index contributed by atoms with van der Waals surface area (Å²) in [6.45, 7) is 7.14. The van der Waals surface area contributed by atoms with E-state index in [1.165, 1.54) is 50.5 Å². The Balaban J connectivity index is 1.30. The molecule has 0 aliphatic heterocycles. The maximum Gasteiger partial charge on any atom is 0.101 e. The van der Waals surface area contributed by atoms with Crippen LogP contribution in [0, 0.1) is 58.2 Å². The summed E-state index contributed by atoms with van der Waals surface area (Å²) in [5.41, 5.74) is 1.97. The Morgan fingerprint density at radius 1 is 1.06 bits per heavy atom. The van der Waals surface area contributed by atoms with E-state index in [1.54, 1.807) is 6.20 Å². The predicted octanol–water partition coefficient (Wildman–Crippen LogP) is 6.15. The molecule has 4 aliphatic carbocycles. The molecule has 0 amide bonds. The first kappa shape index (κ1) is 21.4. The number of aliphatic hydroxyl groups is 1. The summed E-state index contributed by atoms with van der Waals surface area (Å²) in [5.74, 6) is 5.80. The molecule has 0 unspecified atom stereocenters. The van der Waals surface area contributed by atoms with E-state index in [9.17, 15) is 10.4 Å². The Morgan fingerprint density at radius 3 is 2.68 bits per heavy atom. The maximum absolute atomic E-state index is 10.6. The summed E-state index contributed by atoms with van der Waals surface area (Å²) in [5, 5.41) is 19.8. The number of fused-ring (bicyclic) bond motifs is 5. The van der Waals surface area contributed by atoms with Crippen molar-refractivity contribution in [3.8, 4) is 6.07 Å². The van der Waals surface area contributed by atoms with Gasteiger partial charge in [0.1, 0.15) is 6.07 Å². The molecule has 31 heavy (non-hydrogen) atoms. The van der Waals surface area contributed by atoms with Crippen LogP contribution in [0.25, 0.3) is 0 Å². The third kappa shape index (κ3) is 3.74. The first-order valence-electron chi connectivity index (χ1n) is 12.9. The molecule has 1 heterocycles. The maximum atomic E-state index is 10.6. The zero-order valence-electron chi connectivity index (χ0n) is 19.7. The van der Waals surface area contributed by atoms with Gasteiger partial charge in [-0.25, -0.2) is 0 Å². The second-order valence-corrected chi connectivity index (χ2v) is 12.3. The zero-order chi connectivity index (χ0) is 21.8. The minimum atomic E-state index is -0.414. The van der Waals surface area contributed by atoms with Crippen molar-refractivity contribution in [1.82, 2.24) is 4.98 Å². The molecule has 4 fully saturated rings. The molecule has 0 bridgehead atoms. The molecule has 0 radical (unpaired) electrons. The fourth-order valence-electron chi connectivity index (χ4n) is 9.23. The van der Waals surface area contributed by atoms with Gasteiger partial charge in [-0.1, -0.05) is 13.8 Å². The molecule has 5 rings (SSSR count). The van der Waals surface area contributed by atoms with Crippen molar-refractivity contribution in [1.29, 1.82) is 5.26 Å². The van der Waals surface area contributed by atoms with E-state index < -0.39 is 5.60 Å². The van der Waals surface area contributed by atoms with Gasteiger partial charge >= 0.3 is 0 Å². The Hall–Kier alpha value is -1.40. The molecule has 1 aromatic rings. The molecular weight excluding hydrogens is 380 g/mol. The van der Waals surface area contributed by atoms with Gasteiger partial charge in [0.2, 0.25) is 0 Å². The van der Waals surface area contributed by atoms with E-state index in [4.69, 9.17) is 0 Å². The summed E-state index contributed by atoms with van der Waals surface area (Å²) < 4.78 is 0. The average Bonchev–Trinajstić information content (AvgIpc) is 3.10. The standard InChI is InChI=1S/C28H40N2O/c1-18(12-19-13-20(15-29)17-30-16-19)25-6-7-26-24-5-4-21-14-27(2,31)10-8-22(21)23(24)9-11-28(25,26)3/h13,16-18,21-26,31H,4-12,14H2,1-3H3/t18-,21-,22+,23-,24-,25-,26+,27-,28-/m1/s1. The number of nitrogens with zero attached hydrogens (tertiary/aromatic N) is 2. The van der Waals surface area contributed by atoms with E-state index in [-0.39, 0.29) is 0 Å². The molecule has 168 valence electrons. The van der Waals surface area contributed by atoms with Crippen molar-refractivity contribution in [2.75, 3.05) is 0 Å². The topological polar surface area (TPSA) is 56.9 Å². The third-order valence-corrected chi connectivity index (χ3v) is 10.5. The highest BCUT2D eigenvalue weighted by molar-refractivity contribution is 5.29. The molecule has 1 N–H and O–H groups in total. The average molecular weight is 421 g/mol. The van der Waals surface area contributed by atoms with Gasteiger partial charge < -0.3 is 5.11 Å². The zero-order valence-corrected chi connectivity index (χ0v) is 19.7. The summed E-state index contributed by atoms with van der Waals surface area (Å²) >= 11 is 0. The van der Waals surface area contributed by atoms with Crippen LogP contribution in [0.15, 0.2) is 18.5 Å². The van der Waals surface area contributed by atoms with Gasteiger partial charge in [0, 0.05) is 12.4 Å². The van der Waals surface area contributed by atoms with E-state index in [0.717, 1.165) is 54.8 Å². The second kappa shape index (κ2) is 7.87. The summed E-state index contributed by atoms with van der Waals surface area (Å²) in [4.78, 5) is 4.30. The molecule has 3 nitrogen and oxygen atoms in total. The van der Waals surface area contributed by atoms with Crippen LogP contribution in [0.3, 0.4) is 0 Å². The smallest absolute Gasteiger partial charge is 0.101 e. The van der Waals surface area contributed by atoms with Gasteiger partial charge in [0.05, 0.1) is 11.2 Å². The number of hydrogen-bond acceptors (Lipinski definition) is 3. The number of nitriles is 1. The van der Waals surface area contributed by atoms with Gasteiger partial charge in [0.25, 0.3) is 0 Å². The van der Waals surface area contributed by atoms with Gasteiger partial charge in [-0.05, 0) is 130 Å². The summed E-state index contributed by atoms with van der Waals surface area (Å²) in [7, 11) is 0. The first-order valence-corrected chi connectivity index (χ1v) is 12.9. The normalized spacial score (nSPS) is 45.1. The number of pyridine rings is 1. The lowest BCUT2D eigenvalue weighted by atomic mass is 9.48. The quantitative estimate of drug-likeness (QED) is 0.638. The van der Waals surface area contributed by atoms with Crippen LogP contribution in [0.1, 0.15) is 89.7 Å². The molecule has 9 atom stereocenters. The fraction of sp³-hybridized carbons (Fsp3) is 0.786. The molecular formula is C28H40N2O. The Labute approximate surface area is 188 Å². The first-order chi connectivity index (χ1) is 14.8. The molecule has 0 spiro atoms. The molecule has 1 aromatic heterocycles. The summed E-state index contributed by atoms with van der Waals surface area (Å²) in [6, 6.07) is 4.28. The van der Waals surface area contributed by atoms with Crippen molar-refractivity contribution < 1.29 is 5.11 Å². The summed E-state index contributed by atoms with van der Waals surface area (Å²) in [6.07, 6.45) is 16.3. The van der Waals surface area contributed by atoms with Crippen LogP contribution in [0.4, 0.5) is 0 Å². The predicted molar refractivity (Wildman–Crippen MR) is 123 cm³/mol. The number of rotatable bonds is 3. The lowest BCUT2D eigenvalue weighted by Crippen LogP contribution is -2.50. The Kier molecular flexibility index (Phi) is 5.45. The molecule has 4 aliphatic rings. The van der Waals surface area contributed by atoms with Crippen LogP contribution >= 0.6 is 0 Å². The Morgan fingerprint density at radius 2 is 1.87 bits per heavy atom. The molecule has 0 saturated heterocycles. The van der Waals surface area contributed by atoms with Crippen LogP contribution < -0.4 is 0 Å². The highest BCUT2D eigenvalue weighted by Crippen LogP contribution is 2.65. The van der Waals surface area contributed by atoms with Crippen molar-refractivity contribution >= 4 is 0 Å². The minimum absolute atomic E-state index is 0.414. The lowest BCUT2D eigenvalue weighted by Gasteiger charge is -2.57. The number of hydrogen-bond donors (Lipinski definition) is 1. The second-order valence-electron chi connectivity index (χ2n) is 12.3. The van der Waals surface area contributed by atoms with Gasteiger partial charge in [-0.3, -0.25) is 4.98 Å². The minimum Gasteiger partial charge on any atom is -0.390 e. The van der Waals surface area contributed by atoms with E-state index in [2.05, 4.69) is 31.8 Å². The fourth-order valence-corrected chi connectivity index (χ4v) is 9.23. The van der Waals surface area contributed by atoms with Gasteiger partial charge in [-0.15, -0.1) is 0 Å². The Bertz CT molecular complexity index is 857. The van der Waals surface area contributed by atoms with Crippen molar-refractivity contribution in [3.63, 3.8) is 0 Å². The van der Waals surface area contributed by atoms with E-state index >= 15 is 0 Å². The van der Waals surface area contributed by atoms with Gasteiger partial charge in [-0.2, -0.15) is 5.26 Å². The van der Waals surface area contributed by atoms with Crippen LogP contribution in [0.2, 0.25) is 0 Å². The third-order valence-electron chi connectivity index (χ3n) is 10.5. The highest BCUT2D eigenvalue weighted by atomic mass is 16.3. The van der Waals surface area contributed by atoms with Crippen LogP contribution in [-0.2, 0) is 6.42 Å². The van der Waals surface area contributed by atoms with Crippen molar-refractivity contribution in [2.45, 2.75) is 90.6 Å². The SMILES string of the molecule is C[C@H](Cc1cncc(C#N)c1)[C@H]1CC[C@H]2[C@@H]3CC[C@@H]4C[C@](C)(O)CC[C@@H]4[C@H]3CC[C@]12C. The van der Waals surface area contributed by atoms with E-state index in [1.807, 2.05) is 12.3 Å². The van der Waals surface area contributed by atoms with E-state index in [0.29, 0.717) is 16.9 Å². The lowest BCUT2D eigenvalue weighted by molar-refractivity contribution is -0.102. The highest BCUT2D eigenvalue weighted by Gasteiger charge is 2.58. The molecule has 0 aromatic carbocycles. The van der Waals surface area contributed by atoms with Crippen LogP contribution in [-0.4, -0.2) is 15.7 Å². The van der Waals surface area contributed by atoms with Gasteiger partial charge in [0.15, 0.2) is 0 Å². The van der Waals surface area contributed by atoms with Crippen molar-refractivity contribution in [3.05, 3.63) is 29.6 Å². The monoisotopic (exact) mass is 420 g/mol. The molecule has 3 heteroatoms.